The summed E-state index contributed by atoms with van der Waals surface area (Å²) in [6.45, 7) is 2.23. The molecule has 4 rings (SSSR count). The van der Waals surface area contributed by atoms with Crippen LogP contribution in [0.4, 0.5) is 20.3 Å². The molecule has 1 unspecified atom stereocenters. The Morgan fingerprint density at radius 2 is 1.92 bits per heavy atom. The third kappa shape index (κ3) is 2.97. The summed E-state index contributed by atoms with van der Waals surface area (Å²) in [7, 11) is -3.88. The van der Waals surface area contributed by atoms with Gasteiger partial charge in [0.2, 0.25) is 5.95 Å². The van der Waals surface area contributed by atoms with Crippen molar-refractivity contribution in [3.05, 3.63) is 11.8 Å². The minimum atomic E-state index is -3.88. The van der Waals surface area contributed by atoms with Crippen molar-refractivity contribution in [3.8, 4) is 0 Å². The Bertz CT molecular complexity index is 775. The zero-order valence-electron chi connectivity index (χ0n) is 13.9. The predicted molar refractivity (Wildman–Crippen MR) is 88.8 cm³/mol. The van der Waals surface area contributed by atoms with Crippen molar-refractivity contribution in [3.63, 3.8) is 0 Å². The van der Waals surface area contributed by atoms with Gasteiger partial charge in [-0.05, 0) is 25.7 Å². The second-order valence-electron chi connectivity index (χ2n) is 6.81. The lowest BCUT2D eigenvalue weighted by atomic mass is 10.2. The zero-order chi connectivity index (χ0) is 17.6. The van der Waals surface area contributed by atoms with Crippen LogP contribution in [0.5, 0.6) is 0 Å². The van der Waals surface area contributed by atoms with E-state index in [0.29, 0.717) is 26.2 Å². The zero-order valence-corrected chi connectivity index (χ0v) is 14.7. The number of halogens is 2. The van der Waals surface area contributed by atoms with Crippen LogP contribution >= 0.6 is 0 Å². The first-order valence-corrected chi connectivity index (χ1v) is 10.4. The van der Waals surface area contributed by atoms with Gasteiger partial charge in [-0.25, -0.2) is 12.8 Å². The molecule has 4 heterocycles. The van der Waals surface area contributed by atoms with E-state index >= 15 is 4.39 Å². The molecule has 2 saturated heterocycles. The SMILES string of the molecule is O=S1(=O)CCN(CC2CCCO2)c2c(F)nc(N3CCCC3)c(F)c21. The molecule has 6 nitrogen and oxygen atoms in total. The molecule has 0 bridgehead atoms. The van der Waals surface area contributed by atoms with Crippen LogP contribution in [0.15, 0.2) is 4.90 Å². The molecule has 25 heavy (non-hydrogen) atoms. The van der Waals surface area contributed by atoms with Gasteiger partial charge in [-0.2, -0.15) is 9.37 Å². The summed E-state index contributed by atoms with van der Waals surface area (Å²) in [6, 6.07) is 0. The summed E-state index contributed by atoms with van der Waals surface area (Å²) in [5.74, 6) is -2.25. The van der Waals surface area contributed by atoms with Crippen LogP contribution in [0.3, 0.4) is 0 Å². The minimum absolute atomic E-state index is 0.0885. The molecule has 9 heteroatoms. The maximum Gasteiger partial charge on any atom is 0.239 e. The highest BCUT2D eigenvalue weighted by Crippen LogP contribution is 2.39. The molecule has 2 fully saturated rings. The molecule has 0 radical (unpaired) electrons. The predicted octanol–water partition coefficient (Wildman–Crippen LogP) is 1.73. The summed E-state index contributed by atoms with van der Waals surface area (Å²) < 4.78 is 60.4. The van der Waals surface area contributed by atoms with E-state index in [0.717, 1.165) is 25.7 Å². The maximum atomic E-state index is 15.1. The fourth-order valence-corrected chi connectivity index (χ4v) is 5.39. The highest BCUT2D eigenvalue weighted by Gasteiger charge is 2.39. The van der Waals surface area contributed by atoms with E-state index in [4.69, 9.17) is 4.74 Å². The minimum Gasteiger partial charge on any atom is -0.376 e. The van der Waals surface area contributed by atoms with Crippen LogP contribution in [-0.4, -0.2) is 58.0 Å². The van der Waals surface area contributed by atoms with Gasteiger partial charge in [-0.1, -0.05) is 0 Å². The van der Waals surface area contributed by atoms with Crippen molar-refractivity contribution in [2.45, 2.75) is 36.7 Å². The third-order valence-corrected chi connectivity index (χ3v) is 6.84. The van der Waals surface area contributed by atoms with Crippen molar-refractivity contribution in [2.75, 3.05) is 48.3 Å². The number of sulfone groups is 1. The summed E-state index contributed by atoms with van der Waals surface area (Å²) in [5.41, 5.74) is -0.234. The van der Waals surface area contributed by atoms with Crippen molar-refractivity contribution in [1.82, 2.24) is 4.98 Å². The Morgan fingerprint density at radius 3 is 2.60 bits per heavy atom. The molecule has 138 valence electrons. The van der Waals surface area contributed by atoms with Gasteiger partial charge in [0.05, 0.1) is 11.9 Å². The Balaban J connectivity index is 1.78. The lowest BCUT2D eigenvalue weighted by Gasteiger charge is -2.33. The first kappa shape index (κ1) is 17.0. The van der Waals surface area contributed by atoms with Crippen molar-refractivity contribution in [1.29, 1.82) is 0 Å². The van der Waals surface area contributed by atoms with Gasteiger partial charge in [-0.15, -0.1) is 0 Å². The molecule has 1 atom stereocenters. The van der Waals surface area contributed by atoms with E-state index in [1.807, 2.05) is 0 Å². The molecular formula is C16H21F2N3O3S. The van der Waals surface area contributed by atoms with Crippen LogP contribution in [0.1, 0.15) is 25.7 Å². The molecule has 0 N–H and O–H groups in total. The number of hydrogen-bond donors (Lipinski definition) is 0. The van der Waals surface area contributed by atoms with E-state index in [1.165, 1.54) is 0 Å². The Hall–Kier alpha value is -1.48. The first-order valence-electron chi connectivity index (χ1n) is 8.70. The third-order valence-electron chi connectivity index (χ3n) is 5.12. The largest absolute Gasteiger partial charge is 0.376 e. The lowest BCUT2D eigenvalue weighted by Crippen LogP contribution is -2.41. The second kappa shape index (κ2) is 6.35. The van der Waals surface area contributed by atoms with E-state index in [1.54, 1.807) is 9.80 Å². The summed E-state index contributed by atoms with van der Waals surface area (Å²) in [4.78, 5) is 6.45. The number of aromatic nitrogens is 1. The number of ether oxygens (including phenoxy) is 1. The monoisotopic (exact) mass is 373 g/mol. The number of rotatable bonds is 3. The smallest absolute Gasteiger partial charge is 0.239 e. The van der Waals surface area contributed by atoms with Gasteiger partial charge in [0.25, 0.3) is 0 Å². The molecule has 0 aromatic carbocycles. The maximum absolute atomic E-state index is 15.1. The number of pyridine rings is 1. The lowest BCUT2D eigenvalue weighted by molar-refractivity contribution is 0.115. The van der Waals surface area contributed by atoms with Crippen LogP contribution in [0.25, 0.3) is 0 Å². The van der Waals surface area contributed by atoms with Gasteiger partial charge in [-0.3, -0.25) is 0 Å². The molecule has 3 aliphatic heterocycles. The van der Waals surface area contributed by atoms with Gasteiger partial charge < -0.3 is 14.5 Å². The van der Waals surface area contributed by atoms with E-state index in [-0.39, 0.29) is 29.9 Å². The van der Waals surface area contributed by atoms with Gasteiger partial charge in [0, 0.05) is 32.8 Å². The van der Waals surface area contributed by atoms with Gasteiger partial charge in [0.1, 0.15) is 10.6 Å². The number of hydrogen-bond acceptors (Lipinski definition) is 6. The number of fused-ring (bicyclic) bond motifs is 1. The second-order valence-corrected chi connectivity index (χ2v) is 8.86. The molecule has 0 spiro atoms. The van der Waals surface area contributed by atoms with Crippen LogP contribution < -0.4 is 9.80 Å². The van der Waals surface area contributed by atoms with E-state index < -0.39 is 26.5 Å². The topological polar surface area (TPSA) is 62.7 Å². The Kier molecular flexibility index (Phi) is 4.31. The van der Waals surface area contributed by atoms with Crippen molar-refractivity contribution in [2.24, 2.45) is 0 Å². The normalized spacial score (nSPS) is 25.4. The highest BCUT2D eigenvalue weighted by molar-refractivity contribution is 7.91. The summed E-state index contributed by atoms with van der Waals surface area (Å²) in [5, 5.41) is 0. The fourth-order valence-electron chi connectivity index (χ4n) is 3.85. The van der Waals surface area contributed by atoms with Crippen LogP contribution in [0.2, 0.25) is 0 Å². The quantitative estimate of drug-likeness (QED) is 0.752. The standard InChI is InChI=1S/C16H21F2N3O3S/c17-12-14-13(15(18)19-16(12)20-5-1-2-6-20)21(7-9-25(14,22)23)10-11-4-3-8-24-11/h11H,1-10H2. The molecule has 3 aliphatic rings. The molecule has 0 saturated carbocycles. The van der Waals surface area contributed by atoms with Crippen LogP contribution in [-0.2, 0) is 14.6 Å². The van der Waals surface area contributed by atoms with E-state index in [9.17, 15) is 12.8 Å². The van der Waals surface area contributed by atoms with Gasteiger partial charge >= 0.3 is 0 Å². The van der Waals surface area contributed by atoms with Crippen molar-refractivity contribution >= 4 is 21.3 Å². The highest BCUT2D eigenvalue weighted by atomic mass is 32.2. The number of anilines is 2. The Morgan fingerprint density at radius 1 is 1.16 bits per heavy atom. The first-order chi connectivity index (χ1) is 12.0. The Labute approximate surface area is 145 Å². The molecular weight excluding hydrogens is 352 g/mol. The number of nitrogens with zero attached hydrogens (tertiary/aromatic N) is 3. The average molecular weight is 373 g/mol. The molecule has 0 aliphatic carbocycles. The average Bonchev–Trinajstić information content (AvgIpc) is 3.25. The van der Waals surface area contributed by atoms with Crippen molar-refractivity contribution < 1.29 is 21.9 Å². The molecule has 1 aromatic rings. The molecule has 1 aromatic heterocycles. The molecule has 0 amide bonds. The summed E-state index contributed by atoms with van der Waals surface area (Å²) >= 11 is 0. The van der Waals surface area contributed by atoms with E-state index in [2.05, 4.69) is 4.98 Å². The fraction of sp³-hybridized carbons (Fsp3) is 0.688. The van der Waals surface area contributed by atoms with Gasteiger partial charge in [0.15, 0.2) is 21.5 Å². The van der Waals surface area contributed by atoms with Crippen LogP contribution in [0, 0.1) is 11.8 Å². The summed E-state index contributed by atoms with van der Waals surface area (Å²) in [6.07, 6.45) is 3.39.